The van der Waals surface area contributed by atoms with Crippen LogP contribution in [0.3, 0.4) is 0 Å². The molecule has 0 saturated carbocycles. The molecule has 1 N–H and O–H groups in total. The number of nitrogens with zero attached hydrogens (tertiary/aromatic N) is 3. The summed E-state index contributed by atoms with van der Waals surface area (Å²) in [4.78, 5) is 12.3. The summed E-state index contributed by atoms with van der Waals surface area (Å²) >= 11 is 13.6. The van der Waals surface area contributed by atoms with Crippen molar-refractivity contribution in [1.29, 1.82) is 0 Å². The van der Waals surface area contributed by atoms with Crippen molar-refractivity contribution in [2.45, 2.75) is 25.5 Å². The minimum atomic E-state index is -0.227. The van der Waals surface area contributed by atoms with E-state index in [-0.39, 0.29) is 11.7 Å². The Morgan fingerprint density at radius 3 is 2.81 bits per heavy atom. The molecule has 26 heavy (non-hydrogen) atoms. The van der Waals surface area contributed by atoms with E-state index in [1.165, 1.54) is 11.8 Å². The topological polar surface area (TPSA) is 73.0 Å². The fraction of sp³-hybridized carbons (Fsp3) is 0.235. The molecule has 6 nitrogen and oxygen atoms in total. The molecule has 1 aromatic carbocycles. The van der Waals surface area contributed by atoms with Crippen LogP contribution in [0.15, 0.2) is 40.1 Å². The highest BCUT2D eigenvalue weighted by atomic mass is 35.5. The lowest BCUT2D eigenvalue weighted by Crippen LogP contribution is -2.15. The van der Waals surface area contributed by atoms with Gasteiger partial charge in [-0.15, -0.1) is 10.2 Å². The molecule has 0 aliphatic rings. The van der Waals surface area contributed by atoms with E-state index >= 15 is 0 Å². The Morgan fingerprint density at radius 2 is 2.12 bits per heavy atom. The van der Waals surface area contributed by atoms with Gasteiger partial charge in [0.1, 0.15) is 0 Å². The average Bonchev–Trinajstić information content (AvgIpc) is 3.29. The van der Waals surface area contributed by atoms with Crippen LogP contribution < -0.4 is 5.32 Å². The van der Waals surface area contributed by atoms with Gasteiger partial charge < -0.3 is 9.73 Å². The smallest absolute Gasteiger partial charge is 0.234 e. The first-order valence-electron chi connectivity index (χ1n) is 7.85. The number of nitrogens with one attached hydrogen (secondary N) is 1. The van der Waals surface area contributed by atoms with Crippen LogP contribution in [0.4, 0.5) is 5.69 Å². The lowest BCUT2D eigenvalue weighted by Gasteiger charge is -2.11. The molecule has 3 aromatic rings. The first-order valence-corrected chi connectivity index (χ1v) is 9.59. The zero-order chi connectivity index (χ0) is 18.7. The summed E-state index contributed by atoms with van der Waals surface area (Å²) in [5.41, 5.74) is 1.26. The molecule has 0 bridgehead atoms. The molecular weight excluding hydrogens is 395 g/mol. The van der Waals surface area contributed by atoms with Gasteiger partial charge in [-0.25, -0.2) is 0 Å². The Balaban J connectivity index is 1.70. The molecule has 2 heterocycles. The number of carbonyl (C=O) groups is 1. The molecule has 0 atom stereocenters. The van der Waals surface area contributed by atoms with Gasteiger partial charge in [0.25, 0.3) is 0 Å². The Bertz CT molecular complexity index is 925. The lowest BCUT2D eigenvalue weighted by atomic mass is 10.2. The van der Waals surface area contributed by atoms with Gasteiger partial charge in [0.2, 0.25) is 5.91 Å². The third kappa shape index (κ3) is 3.90. The van der Waals surface area contributed by atoms with Crippen molar-refractivity contribution in [3.8, 4) is 11.6 Å². The number of furan rings is 1. The van der Waals surface area contributed by atoms with Crippen molar-refractivity contribution in [3.05, 3.63) is 46.1 Å². The Labute approximate surface area is 164 Å². The van der Waals surface area contributed by atoms with E-state index in [2.05, 4.69) is 15.5 Å². The van der Waals surface area contributed by atoms with Crippen molar-refractivity contribution < 1.29 is 9.21 Å². The maximum Gasteiger partial charge on any atom is 0.234 e. The predicted octanol–water partition coefficient (Wildman–Crippen LogP) is 4.90. The number of aryl methyl sites for hydroxylation is 1. The first kappa shape index (κ1) is 18.8. The van der Waals surface area contributed by atoms with Gasteiger partial charge in [-0.05, 0) is 37.6 Å². The number of aromatic nitrogens is 3. The molecule has 0 radical (unpaired) electrons. The molecule has 0 unspecified atom stereocenters. The first-order chi connectivity index (χ1) is 12.5. The molecule has 9 heteroatoms. The van der Waals surface area contributed by atoms with Crippen molar-refractivity contribution in [1.82, 2.24) is 14.8 Å². The standard InChI is InChI=1S/C17H16Cl2N4O2S/c1-3-23-16(12-5-4-8-25-12)21-22-17(23)26-9-13(24)20-15-11(18)7-6-10(2)14(15)19/h4-8H,3,9H2,1-2H3,(H,20,24). The van der Waals surface area contributed by atoms with E-state index in [0.717, 1.165) is 5.56 Å². The molecule has 2 aromatic heterocycles. The predicted molar refractivity (Wildman–Crippen MR) is 104 cm³/mol. The third-order valence-corrected chi connectivity index (χ3v) is 5.42. The Hall–Kier alpha value is -1.96. The van der Waals surface area contributed by atoms with E-state index in [0.29, 0.717) is 39.0 Å². The number of hydrogen-bond acceptors (Lipinski definition) is 5. The number of amides is 1. The number of benzene rings is 1. The SMILES string of the molecule is CCn1c(SCC(=O)Nc2c(Cl)ccc(C)c2Cl)nnc1-c1ccco1. The maximum atomic E-state index is 12.3. The summed E-state index contributed by atoms with van der Waals surface area (Å²) in [7, 11) is 0. The van der Waals surface area contributed by atoms with Crippen molar-refractivity contribution in [2.24, 2.45) is 0 Å². The molecule has 0 spiro atoms. The Kier molecular flexibility index (Phi) is 5.90. The van der Waals surface area contributed by atoms with Crippen LogP contribution in [-0.4, -0.2) is 26.4 Å². The fourth-order valence-corrected chi connectivity index (χ4v) is 3.61. The zero-order valence-electron chi connectivity index (χ0n) is 14.1. The van der Waals surface area contributed by atoms with Crippen LogP contribution in [0.5, 0.6) is 0 Å². The van der Waals surface area contributed by atoms with E-state index in [1.54, 1.807) is 24.5 Å². The normalized spacial score (nSPS) is 10.9. The van der Waals surface area contributed by atoms with E-state index in [9.17, 15) is 4.79 Å². The average molecular weight is 411 g/mol. The minimum Gasteiger partial charge on any atom is -0.461 e. The summed E-state index contributed by atoms with van der Waals surface area (Å²) in [5, 5.41) is 12.5. The summed E-state index contributed by atoms with van der Waals surface area (Å²) in [6.07, 6.45) is 1.58. The minimum absolute atomic E-state index is 0.150. The van der Waals surface area contributed by atoms with Crippen LogP contribution >= 0.6 is 35.0 Å². The van der Waals surface area contributed by atoms with E-state index in [4.69, 9.17) is 27.6 Å². The molecule has 0 fully saturated rings. The molecule has 136 valence electrons. The molecule has 1 amide bonds. The maximum absolute atomic E-state index is 12.3. The number of thioether (sulfide) groups is 1. The number of halogens is 2. The molecule has 0 aliphatic carbocycles. The van der Waals surface area contributed by atoms with Gasteiger partial charge in [0.15, 0.2) is 16.7 Å². The van der Waals surface area contributed by atoms with E-state index < -0.39 is 0 Å². The number of carbonyl (C=O) groups excluding carboxylic acids is 1. The highest BCUT2D eigenvalue weighted by molar-refractivity contribution is 7.99. The molecular formula is C17H16Cl2N4O2S. The van der Waals surface area contributed by atoms with Crippen molar-refractivity contribution in [3.63, 3.8) is 0 Å². The second-order valence-electron chi connectivity index (χ2n) is 5.42. The number of hydrogen-bond donors (Lipinski definition) is 1. The second kappa shape index (κ2) is 8.16. The van der Waals surface area contributed by atoms with Gasteiger partial charge in [-0.1, -0.05) is 41.0 Å². The largest absolute Gasteiger partial charge is 0.461 e. The van der Waals surface area contributed by atoms with Crippen LogP contribution in [0.25, 0.3) is 11.6 Å². The van der Waals surface area contributed by atoms with Gasteiger partial charge in [-0.2, -0.15) is 0 Å². The zero-order valence-corrected chi connectivity index (χ0v) is 16.5. The monoisotopic (exact) mass is 410 g/mol. The van der Waals surface area contributed by atoms with Crippen LogP contribution in [-0.2, 0) is 11.3 Å². The van der Waals surface area contributed by atoms with Crippen molar-refractivity contribution in [2.75, 3.05) is 11.1 Å². The highest BCUT2D eigenvalue weighted by Crippen LogP contribution is 2.33. The van der Waals surface area contributed by atoms with Gasteiger partial charge in [-0.3, -0.25) is 9.36 Å². The van der Waals surface area contributed by atoms with Gasteiger partial charge in [0.05, 0.1) is 27.7 Å². The highest BCUT2D eigenvalue weighted by Gasteiger charge is 2.17. The van der Waals surface area contributed by atoms with Crippen LogP contribution in [0.2, 0.25) is 10.0 Å². The van der Waals surface area contributed by atoms with Gasteiger partial charge in [0, 0.05) is 6.54 Å². The van der Waals surface area contributed by atoms with Gasteiger partial charge >= 0.3 is 0 Å². The lowest BCUT2D eigenvalue weighted by molar-refractivity contribution is -0.113. The number of anilines is 1. The Morgan fingerprint density at radius 1 is 1.31 bits per heavy atom. The fourth-order valence-electron chi connectivity index (χ4n) is 2.35. The molecule has 0 aliphatic heterocycles. The van der Waals surface area contributed by atoms with Crippen molar-refractivity contribution >= 4 is 46.6 Å². The van der Waals surface area contributed by atoms with Crippen LogP contribution in [0, 0.1) is 6.92 Å². The summed E-state index contributed by atoms with van der Waals surface area (Å²) in [6, 6.07) is 7.11. The molecule has 0 saturated heterocycles. The summed E-state index contributed by atoms with van der Waals surface area (Å²) < 4.78 is 7.27. The number of rotatable bonds is 6. The van der Waals surface area contributed by atoms with Crippen LogP contribution in [0.1, 0.15) is 12.5 Å². The third-order valence-electron chi connectivity index (χ3n) is 3.66. The quantitative estimate of drug-likeness (QED) is 0.584. The van der Waals surface area contributed by atoms with E-state index in [1.807, 2.05) is 24.5 Å². The second-order valence-corrected chi connectivity index (χ2v) is 7.15. The summed E-state index contributed by atoms with van der Waals surface area (Å²) in [6.45, 7) is 4.48. The molecule has 3 rings (SSSR count). The summed E-state index contributed by atoms with van der Waals surface area (Å²) in [5.74, 6) is 1.19.